The lowest BCUT2D eigenvalue weighted by molar-refractivity contribution is 0.591. The van der Waals surface area contributed by atoms with Gasteiger partial charge in [-0.1, -0.05) is 6.07 Å². The number of hydrogen-bond acceptors (Lipinski definition) is 3. The monoisotopic (exact) mass is 253 g/mol. The number of anilines is 1. The van der Waals surface area contributed by atoms with Gasteiger partial charge >= 0.3 is 10.2 Å². The summed E-state index contributed by atoms with van der Waals surface area (Å²) >= 11 is 0. The quantitative estimate of drug-likeness (QED) is 0.740. The molecule has 3 rings (SSSR count). The third kappa shape index (κ3) is 1.92. The first-order valence-corrected chi connectivity index (χ1v) is 7.21. The largest absolute Gasteiger partial charge is 0.312 e. The fourth-order valence-corrected chi connectivity index (χ4v) is 3.59. The summed E-state index contributed by atoms with van der Waals surface area (Å²) in [5, 5.41) is 3.30. The van der Waals surface area contributed by atoms with Gasteiger partial charge in [0.05, 0.1) is 5.69 Å². The molecule has 2 aliphatic rings. The van der Waals surface area contributed by atoms with E-state index in [1.807, 2.05) is 18.2 Å². The van der Waals surface area contributed by atoms with Crippen LogP contribution in [0.5, 0.6) is 0 Å². The maximum atomic E-state index is 11.7. The van der Waals surface area contributed by atoms with E-state index in [4.69, 9.17) is 0 Å². The zero-order chi connectivity index (χ0) is 11.9. The van der Waals surface area contributed by atoms with Gasteiger partial charge in [-0.05, 0) is 36.2 Å². The normalized spacial score (nSPS) is 22.5. The minimum absolute atomic E-state index is 0.484. The van der Waals surface area contributed by atoms with Gasteiger partial charge in [-0.25, -0.2) is 0 Å². The van der Waals surface area contributed by atoms with Crippen molar-refractivity contribution >= 4 is 15.9 Å². The van der Waals surface area contributed by atoms with Gasteiger partial charge in [0.15, 0.2) is 0 Å². The number of rotatable bonds is 1. The van der Waals surface area contributed by atoms with Crippen LogP contribution < -0.4 is 14.3 Å². The molecule has 1 aromatic carbocycles. The molecule has 5 nitrogen and oxygen atoms in total. The van der Waals surface area contributed by atoms with Gasteiger partial charge in [0, 0.05) is 19.6 Å². The van der Waals surface area contributed by atoms with E-state index in [9.17, 15) is 8.42 Å². The Hall–Kier alpha value is -1.11. The van der Waals surface area contributed by atoms with Gasteiger partial charge in [0.25, 0.3) is 0 Å². The highest BCUT2D eigenvalue weighted by Crippen LogP contribution is 2.24. The van der Waals surface area contributed by atoms with Crippen molar-refractivity contribution in [1.29, 1.82) is 0 Å². The number of benzene rings is 1. The molecule has 2 aliphatic heterocycles. The fourth-order valence-electron chi connectivity index (χ4n) is 2.36. The van der Waals surface area contributed by atoms with Gasteiger partial charge in [0.2, 0.25) is 0 Å². The average molecular weight is 253 g/mol. The van der Waals surface area contributed by atoms with Gasteiger partial charge in [-0.2, -0.15) is 13.1 Å². The molecular weight excluding hydrogens is 238 g/mol. The molecule has 1 saturated heterocycles. The molecule has 2 N–H and O–H groups in total. The van der Waals surface area contributed by atoms with Crippen LogP contribution in [0.2, 0.25) is 0 Å². The zero-order valence-electron chi connectivity index (χ0n) is 9.44. The Bertz CT molecular complexity index is 542. The Kier molecular flexibility index (Phi) is 2.57. The average Bonchev–Trinajstić information content (AvgIpc) is 2.68. The minimum atomic E-state index is -3.30. The number of nitrogens with zero attached hydrogens (tertiary/aromatic N) is 1. The Morgan fingerprint density at radius 3 is 2.82 bits per heavy atom. The second-order valence-corrected chi connectivity index (χ2v) is 6.03. The summed E-state index contributed by atoms with van der Waals surface area (Å²) in [6.07, 6.45) is 1.01. The Morgan fingerprint density at radius 2 is 2.06 bits per heavy atom. The van der Waals surface area contributed by atoms with Crippen LogP contribution in [0.1, 0.15) is 11.1 Å². The summed E-state index contributed by atoms with van der Waals surface area (Å²) in [6, 6.07) is 5.92. The topological polar surface area (TPSA) is 61.4 Å². The summed E-state index contributed by atoms with van der Waals surface area (Å²) in [6.45, 7) is 2.81. The summed E-state index contributed by atoms with van der Waals surface area (Å²) in [5.41, 5.74) is 3.28. The molecular formula is C11H15N3O2S. The molecule has 17 heavy (non-hydrogen) atoms. The van der Waals surface area contributed by atoms with E-state index in [0.29, 0.717) is 13.1 Å². The van der Waals surface area contributed by atoms with Crippen molar-refractivity contribution in [2.75, 3.05) is 23.9 Å². The highest BCUT2D eigenvalue weighted by atomic mass is 32.2. The number of hydrogen-bond donors (Lipinski definition) is 2. The fraction of sp³-hybridized carbons (Fsp3) is 0.455. The van der Waals surface area contributed by atoms with Crippen molar-refractivity contribution in [3.8, 4) is 0 Å². The van der Waals surface area contributed by atoms with Crippen LogP contribution in [0.25, 0.3) is 0 Å². The van der Waals surface area contributed by atoms with Gasteiger partial charge < -0.3 is 5.32 Å². The summed E-state index contributed by atoms with van der Waals surface area (Å²) in [4.78, 5) is 0. The van der Waals surface area contributed by atoms with Crippen LogP contribution in [-0.2, 0) is 23.2 Å². The maximum Gasteiger partial charge on any atom is 0.301 e. The molecule has 0 saturated carbocycles. The van der Waals surface area contributed by atoms with Crippen molar-refractivity contribution in [3.63, 3.8) is 0 Å². The van der Waals surface area contributed by atoms with E-state index in [0.717, 1.165) is 25.2 Å². The van der Waals surface area contributed by atoms with E-state index in [-0.39, 0.29) is 0 Å². The first kappa shape index (κ1) is 11.0. The Morgan fingerprint density at radius 1 is 1.18 bits per heavy atom. The molecule has 0 amide bonds. The molecule has 0 spiro atoms. The SMILES string of the molecule is O=S1(=O)NCCN1c1ccc2c(c1)CNCC2. The first-order valence-electron chi connectivity index (χ1n) is 5.77. The maximum absolute atomic E-state index is 11.7. The Balaban J connectivity index is 1.99. The Labute approximate surface area is 101 Å². The van der Waals surface area contributed by atoms with E-state index in [1.165, 1.54) is 15.4 Å². The van der Waals surface area contributed by atoms with Crippen molar-refractivity contribution in [2.45, 2.75) is 13.0 Å². The molecule has 92 valence electrons. The number of nitrogens with one attached hydrogen (secondary N) is 2. The van der Waals surface area contributed by atoms with Crippen molar-refractivity contribution in [3.05, 3.63) is 29.3 Å². The van der Waals surface area contributed by atoms with E-state index >= 15 is 0 Å². The van der Waals surface area contributed by atoms with E-state index in [1.54, 1.807) is 0 Å². The summed E-state index contributed by atoms with van der Waals surface area (Å²) in [5.74, 6) is 0. The highest BCUT2D eigenvalue weighted by molar-refractivity contribution is 7.91. The molecule has 0 bridgehead atoms. The second kappa shape index (κ2) is 3.97. The lowest BCUT2D eigenvalue weighted by Crippen LogP contribution is -2.30. The predicted molar refractivity (Wildman–Crippen MR) is 66.1 cm³/mol. The van der Waals surface area contributed by atoms with Crippen LogP contribution >= 0.6 is 0 Å². The lowest BCUT2D eigenvalue weighted by Gasteiger charge is -2.21. The first-order chi connectivity index (χ1) is 8.17. The van der Waals surface area contributed by atoms with Gasteiger partial charge in [0.1, 0.15) is 0 Å². The predicted octanol–water partition coefficient (Wildman–Crippen LogP) is -0.0133. The van der Waals surface area contributed by atoms with Crippen LogP contribution in [-0.4, -0.2) is 28.1 Å². The van der Waals surface area contributed by atoms with E-state index in [2.05, 4.69) is 10.0 Å². The van der Waals surface area contributed by atoms with Gasteiger partial charge in [-0.15, -0.1) is 0 Å². The summed E-state index contributed by atoms with van der Waals surface area (Å²) < 4.78 is 27.4. The van der Waals surface area contributed by atoms with Crippen LogP contribution in [0.4, 0.5) is 5.69 Å². The molecule has 6 heteroatoms. The van der Waals surface area contributed by atoms with Crippen LogP contribution in [0, 0.1) is 0 Å². The second-order valence-electron chi connectivity index (χ2n) is 4.35. The molecule has 1 aromatic rings. The van der Waals surface area contributed by atoms with E-state index < -0.39 is 10.2 Å². The van der Waals surface area contributed by atoms with Gasteiger partial charge in [-0.3, -0.25) is 4.31 Å². The molecule has 2 heterocycles. The van der Waals surface area contributed by atoms with Crippen molar-refractivity contribution in [1.82, 2.24) is 10.0 Å². The highest BCUT2D eigenvalue weighted by Gasteiger charge is 2.28. The molecule has 0 radical (unpaired) electrons. The molecule has 0 aromatic heterocycles. The third-order valence-electron chi connectivity index (χ3n) is 3.25. The smallest absolute Gasteiger partial charge is 0.301 e. The standard InChI is InChI=1S/C11H15N3O2S/c15-17(16)13-5-6-14(17)11-2-1-9-3-4-12-8-10(9)7-11/h1-2,7,12-13H,3-6,8H2. The lowest BCUT2D eigenvalue weighted by atomic mass is 10.0. The third-order valence-corrected chi connectivity index (χ3v) is 4.80. The molecule has 0 aliphatic carbocycles. The molecule has 1 fully saturated rings. The minimum Gasteiger partial charge on any atom is -0.312 e. The van der Waals surface area contributed by atoms with Crippen LogP contribution in [0.15, 0.2) is 18.2 Å². The molecule has 0 unspecified atom stereocenters. The summed E-state index contributed by atoms with van der Waals surface area (Å²) in [7, 11) is -3.30. The van der Waals surface area contributed by atoms with Crippen molar-refractivity contribution in [2.24, 2.45) is 0 Å². The molecule has 0 atom stereocenters. The zero-order valence-corrected chi connectivity index (χ0v) is 10.3. The van der Waals surface area contributed by atoms with Crippen molar-refractivity contribution < 1.29 is 8.42 Å². The number of fused-ring (bicyclic) bond motifs is 1. The van der Waals surface area contributed by atoms with Crippen LogP contribution in [0.3, 0.4) is 0 Å².